The Morgan fingerprint density at radius 2 is 1.78 bits per heavy atom. The molecular formula is C17H17BrN2O3. The molecule has 2 amide bonds. The van der Waals surface area contributed by atoms with Gasteiger partial charge in [-0.2, -0.15) is 0 Å². The zero-order valence-electron chi connectivity index (χ0n) is 12.5. The molecule has 0 bridgehead atoms. The molecule has 0 radical (unpaired) electrons. The molecule has 1 aromatic carbocycles. The summed E-state index contributed by atoms with van der Waals surface area (Å²) < 4.78 is 5.78. The number of nitrogens with zero attached hydrogens (tertiary/aromatic N) is 1. The minimum Gasteiger partial charge on any atom is -0.444 e. The molecule has 6 heteroatoms. The Morgan fingerprint density at radius 1 is 1.09 bits per heavy atom. The lowest BCUT2D eigenvalue weighted by Gasteiger charge is -2.32. The molecule has 23 heavy (non-hydrogen) atoms. The summed E-state index contributed by atoms with van der Waals surface area (Å²) in [5, 5.41) is 2.96. The average molecular weight is 377 g/mol. The van der Waals surface area contributed by atoms with E-state index >= 15 is 0 Å². The first-order chi connectivity index (χ1) is 11.1. The lowest BCUT2D eigenvalue weighted by atomic mass is 10.0. The third kappa shape index (κ3) is 3.82. The number of hydrogen-bond acceptors (Lipinski definition) is 3. The standard InChI is InChI=1S/C17H17BrN2O3/c18-15-7-6-14(23-15)16(21)19-13-8-10-20(11-9-13)17(22)12-4-2-1-3-5-12/h1-7,13H,8-11H2,(H,19,21). The number of benzene rings is 1. The maximum atomic E-state index is 12.4. The molecule has 3 rings (SSSR count). The quantitative estimate of drug-likeness (QED) is 0.894. The number of nitrogens with one attached hydrogen (secondary N) is 1. The fourth-order valence-electron chi connectivity index (χ4n) is 2.68. The Morgan fingerprint density at radius 3 is 2.39 bits per heavy atom. The molecule has 1 aliphatic rings. The van der Waals surface area contributed by atoms with Crippen LogP contribution in [0.15, 0.2) is 51.6 Å². The van der Waals surface area contributed by atoms with Crippen LogP contribution < -0.4 is 5.32 Å². The largest absolute Gasteiger partial charge is 0.444 e. The minimum atomic E-state index is -0.219. The van der Waals surface area contributed by atoms with Crippen LogP contribution in [0.5, 0.6) is 0 Å². The van der Waals surface area contributed by atoms with Crippen molar-refractivity contribution in [2.45, 2.75) is 18.9 Å². The van der Waals surface area contributed by atoms with Gasteiger partial charge >= 0.3 is 0 Å². The third-order valence-electron chi connectivity index (χ3n) is 3.94. The number of furan rings is 1. The van der Waals surface area contributed by atoms with Gasteiger partial charge in [-0.25, -0.2) is 0 Å². The monoisotopic (exact) mass is 376 g/mol. The van der Waals surface area contributed by atoms with E-state index in [-0.39, 0.29) is 17.9 Å². The van der Waals surface area contributed by atoms with Crippen LogP contribution in [0.4, 0.5) is 0 Å². The first kappa shape index (κ1) is 15.8. The minimum absolute atomic E-state index is 0.0466. The zero-order valence-corrected chi connectivity index (χ0v) is 14.1. The molecule has 1 N–H and O–H groups in total. The summed E-state index contributed by atoms with van der Waals surface area (Å²) in [7, 11) is 0. The lowest BCUT2D eigenvalue weighted by molar-refractivity contribution is 0.0695. The molecule has 5 nitrogen and oxygen atoms in total. The van der Waals surface area contributed by atoms with Crippen molar-refractivity contribution in [3.8, 4) is 0 Å². The van der Waals surface area contributed by atoms with Crippen LogP contribution in [0, 0.1) is 0 Å². The summed E-state index contributed by atoms with van der Waals surface area (Å²) in [6, 6.07) is 12.7. The molecule has 0 unspecified atom stereocenters. The number of halogens is 1. The fourth-order valence-corrected chi connectivity index (χ4v) is 2.99. The van der Waals surface area contributed by atoms with Gasteiger partial charge in [0.1, 0.15) is 0 Å². The van der Waals surface area contributed by atoms with Crippen LogP contribution in [0.3, 0.4) is 0 Å². The number of hydrogen-bond donors (Lipinski definition) is 1. The van der Waals surface area contributed by atoms with E-state index < -0.39 is 0 Å². The highest BCUT2D eigenvalue weighted by atomic mass is 79.9. The summed E-state index contributed by atoms with van der Waals surface area (Å²) in [4.78, 5) is 26.3. The van der Waals surface area contributed by atoms with Gasteiger partial charge in [0.2, 0.25) is 0 Å². The molecule has 2 aromatic rings. The Kier molecular flexibility index (Phi) is 4.81. The van der Waals surface area contributed by atoms with Crippen LogP contribution in [-0.4, -0.2) is 35.8 Å². The zero-order chi connectivity index (χ0) is 16.2. The summed E-state index contributed by atoms with van der Waals surface area (Å²) in [5.74, 6) is 0.119. The summed E-state index contributed by atoms with van der Waals surface area (Å²) in [5.41, 5.74) is 0.704. The van der Waals surface area contributed by atoms with Crippen molar-refractivity contribution in [1.29, 1.82) is 0 Å². The lowest BCUT2D eigenvalue weighted by Crippen LogP contribution is -2.46. The van der Waals surface area contributed by atoms with Gasteiger partial charge < -0.3 is 14.6 Å². The van der Waals surface area contributed by atoms with Crippen LogP contribution in [0.1, 0.15) is 33.8 Å². The Labute approximate surface area is 142 Å². The van der Waals surface area contributed by atoms with Crippen molar-refractivity contribution in [1.82, 2.24) is 10.2 Å². The molecule has 1 aliphatic heterocycles. The molecule has 0 atom stereocenters. The first-order valence-electron chi connectivity index (χ1n) is 7.54. The number of amides is 2. The van der Waals surface area contributed by atoms with Crippen molar-refractivity contribution in [2.75, 3.05) is 13.1 Å². The Hall–Kier alpha value is -2.08. The summed E-state index contributed by atoms with van der Waals surface area (Å²) >= 11 is 3.18. The van der Waals surface area contributed by atoms with E-state index in [9.17, 15) is 9.59 Å². The van der Waals surface area contributed by atoms with Gasteiger partial charge in [0.25, 0.3) is 11.8 Å². The topological polar surface area (TPSA) is 62.6 Å². The Bertz CT molecular complexity index is 691. The van der Waals surface area contributed by atoms with Gasteiger partial charge in [-0.15, -0.1) is 0 Å². The van der Waals surface area contributed by atoms with E-state index in [4.69, 9.17) is 4.42 Å². The van der Waals surface area contributed by atoms with E-state index in [2.05, 4.69) is 21.2 Å². The van der Waals surface area contributed by atoms with Crippen LogP contribution >= 0.6 is 15.9 Å². The molecule has 2 heterocycles. The second-order valence-electron chi connectivity index (χ2n) is 5.51. The maximum Gasteiger partial charge on any atom is 0.287 e. The van der Waals surface area contributed by atoms with Crippen LogP contribution in [-0.2, 0) is 0 Å². The van der Waals surface area contributed by atoms with E-state index in [1.54, 1.807) is 12.1 Å². The molecule has 0 saturated carbocycles. The molecule has 1 aromatic heterocycles. The normalized spacial score (nSPS) is 15.4. The highest BCUT2D eigenvalue weighted by Crippen LogP contribution is 2.17. The summed E-state index contributed by atoms with van der Waals surface area (Å²) in [6.07, 6.45) is 1.48. The molecule has 120 valence electrons. The van der Waals surface area contributed by atoms with Crippen molar-refractivity contribution < 1.29 is 14.0 Å². The molecule has 0 aliphatic carbocycles. The van der Waals surface area contributed by atoms with E-state index in [1.165, 1.54) is 0 Å². The Balaban J connectivity index is 1.52. The van der Waals surface area contributed by atoms with Crippen LogP contribution in [0.2, 0.25) is 0 Å². The second kappa shape index (κ2) is 7.00. The van der Waals surface area contributed by atoms with Gasteiger partial charge in [-0.05, 0) is 53.0 Å². The molecule has 1 saturated heterocycles. The average Bonchev–Trinajstić information content (AvgIpc) is 3.02. The van der Waals surface area contributed by atoms with Gasteiger partial charge in [-0.3, -0.25) is 9.59 Å². The summed E-state index contributed by atoms with van der Waals surface area (Å²) in [6.45, 7) is 1.28. The number of likely N-dealkylation sites (tertiary alicyclic amines) is 1. The molecular weight excluding hydrogens is 360 g/mol. The predicted molar refractivity (Wildman–Crippen MR) is 89.2 cm³/mol. The molecule has 0 spiro atoms. The smallest absolute Gasteiger partial charge is 0.287 e. The van der Waals surface area contributed by atoms with Crippen molar-refractivity contribution in [2.24, 2.45) is 0 Å². The SMILES string of the molecule is O=C(NC1CCN(C(=O)c2ccccc2)CC1)c1ccc(Br)o1. The number of carbonyl (C=O) groups is 2. The van der Waals surface area contributed by atoms with Gasteiger partial charge in [0.15, 0.2) is 10.4 Å². The highest BCUT2D eigenvalue weighted by Gasteiger charge is 2.25. The molecule has 1 fully saturated rings. The fraction of sp³-hybridized carbons (Fsp3) is 0.294. The first-order valence-corrected chi connectivity index (χ1v) is 8.33. The van der Waals surface area contributed by atoms with Gasteiger partial charge in [0, 0.05) is 24.7 Å². The van der Waals surface area contributed by atoms with Gasteiger partial charge in [-0.1, -0.05) is 18.2 Å². The van der Waals surface area contributed by atoms with Crippen molar-refractivity contribution in [3.63, 3.8) is 0 Å². The van der Waals surface area contributed by atoms with E-state index in [0.29, 0.717) is 29.1 Å². The van der Waals surface area contributed by atoms with Crippen LogP contribution in [0.25, 0.3) is 0 Å². The maximum absolute atomic E-state index is 12.4. The van der Waals surface area contributed by atoms with Gasteiger partial charge in [0.05, 0.1) is 0 Å². The van der Waals surface area contributed by atoms with E-state index in [0.717, 1.165) is 12.8 Å². The number of piperidine rings is 1. The third-order valence-corrected chi connectivity index (χ3v) is 4.36. The highest BCUT2D eigenvalue weighted by molar-refractivity contribution is 9.10. The van der Waals surface area contributed by atoms with E-state index in [1.807, 2.05) is 35.2 Å². The van der Waals surface area contributed by atoms with Crippen molar-refractivity contribution in [3.05, 3.63) is 58.5 Å². The predicted octanol–water partition coefficient (Wildman–Crippen LogP) is 3.08. The number of carbonyl (C=O) groups excluding carboxylic acids is 2. The van der Waals surface area contributed by atoms with Crippen molar-refractivity contribution >= 4 is 27.7 Å². The number of rotatable bonds is 3. The second-order valence-corrected chi connectivity index (χ2v) is 6.29.